The lowest BCUT2D eigenvalue weighted by Gasteiger charge is -2.19. The van der Waals surface area contributed by atoms with E-state index in [9.17, 15) is 10.1 Å². The highest BCUT2D eigenvalue weighted by atomic mass is 16.7. The highest BCUT2D eigenvalue weighted by Crippen LogP contribution is 2.31. The van der Waals surface area contributed by atoms with Gasteiger partial charge in [-0.2, -0.15) is 5.10 Å². The summed E-state index contributed by atoms with van der Waals surface area (Å²) in [4.78, 5) is 10.5. The minimum Gasteiger partial charge on any atom is -0.466 e. The fourth-order valence-corrected chi connectivity index (χ4v) is 1.82. The molecule has 0 N–H and O–H groups in total. The fourth-order valence-electron chi connectivity index (χ4n) is 1.82. The van der Waals surface area contributed by atoms with E-state index < -0.39 is 4.92 Å². The summed E-state index contributed by atoms with van der Waals surface area (Å²) in [7, 11) is 0. The molecule has 1 aromatic heterocycles. The average molecular weight is 275 g/mol. The zero-order valence-electron chi connectivity index (χ0n) is 10.2. The second-order valence-corrected chi connectivity index (χ2v) is 3.98. The Morgan fingerprint density at radius 1 is 1.40 bits per heavy atom. The first-order valence-electron chi connectivity index (χ1n) is 5.65. The van der Waals surface area contributed by atoms with Crippen molar-refractivity contribution in [1.29, 1.82) is 0 Å². The Bertz CT molecular complexity index is 668. The maximum atomic E-state index is 10.9. The van der Waals surface area contributed by atoms with Crippen molar-refractivity contribution >= 4 is 11.9 Å². The van der Waals surface area contributed by atoms with Crippen LogP contribution in [0.4, 0.5) is 5.69 Å². The topological polar surface area (TPSA) is 105 Å². The first-order chi connectivity index (χ1) is 9.74. The molecule has 9 nitrogen and oxygen atoms in total. The normalized spacial score (nSPS) is 14.0. The summed E-state index contributed by atoms with van der Waals surface area (Å²) >= 11 is 0. The summed E-state index contributed by atoms with van der Waals surface area (Å²) in [5, 5.41) is 22.2. The van der Waals surface area contributed by atoms with Gasteiger partial charge in [0.15, 0.2) is 6.79 Å². The van der Waals surface area contributed by atoms with Gasteiger partial charge >= 0.3 is 0 Å². The molecule has 20 heavy (non-hydrogen) atoms. The highest BCUT2D eigenvalue weighted by Gasteiger charge is 2.20. The van der Waals surface area contributed by atoms with E-state index in [0.29, 0.717) is 16.9 Å². The second-order valence-electron chi connectivity index (χ2n) is 3.98. The minimum absolute atomic E-state index is 0.0388. The molecular weight excluding hydrogens is 266 g/mol. The van der Waals surface area contributed by atoms with Crippen molar-refractivity contribution in [3.63, 3.8) is 0 Å². The molecule has 0 saturated heterocycles. The van der Waals surface area contributed by atoms with Gasteiger partial charge in [0.1, 0.15) is 18.4 Å². The van der Waals surface area contributed by atoms with E-state index in [0.717, 1.165) is 0 Å². The number of nitro benzene ring substituents is 1. The molecule has 0 amide bonds. The third-order valence-electron chi connectivity index (χ3n) is 2.67. The number of non-ortho nitro benzene ring substituents is 1. The van der Waals surface area contributed by atoms with Crippen LogP contribution in [0.3, 0.4) is 0 Å². The van der Waals surface area contributed by atoms with E-state index >= 15 is 0 Å². The Morgan fingerprint density at radius 3 is 2.95 bits per heavy atom. The van der Waals surface area contributed by atoms with Crippen LogP contribution in [0.1, 0.15) is 11.1 Å². The van der Waals surface area contributed by atoms with Crippen LogP contribution in [-0.2, 0) is 11.3 Å². The lowest BCUT2D eigenvalue weighted by atomic mass is 10.1. The van der Waals surface area contributed by atoms with Crippen LogP contribution >= 0.6 is 0 Å². The first kappa shape index (κ1) is 12.2. The van der Waals surface area contributed by atoms with Crippen LogP contribution in [0.25, 0.3) is 0 Å². The van der Waals surface area contributed by atoms with E-state index in [1.54, 1.807) is 0 Å². The fraction of sp³-hybridized carbons (Fsp3) is 0.182. The Morgan fingerprint density at radius 2 is 2.20 bits per heavy atom. The predicted octanol–water partition coefficient (Wildman–Crippen LogP) is 0.935. The van der Waals surface area contributed by atoms with Crippen molar-refractivity contribution < 1.29 is 14.4 Å². The molecule has 0 radical (unpaired) electrons. The van der Waals surface area contributed by atoms with Crippen molar-refractivity contribution in [2.45, 2.75) is 6.61 Å². The molecule has 0 aliphatic carbocycles. The summed E-state index contributed by atoms with van der Waals surface area (Å²) < 4.78 is 11.9. The standard InChI is InChI=1S/C11H9N5O4/c17-16(18)10-1-8(3-14-15-5-12-13-6-15)11-9(2-10)4-19-7-20-11/h1-3,5-6H,4,7H2/b14-3-. The van der Waals surface area contributed by atoms with Crippen LogP contribution < -0.4 is 4.74 Å². The van der Waals surface area contributed by atoms with Gasteiger partial charge in [-0.15, -0.1) is 10.2 Å². The van der Waals surface area contributed by atoms with Gasteiger partial charge in [0.2, 0.25) is 0 Å². The summed E-state index contributed by atoms with van der Waals surface area (Å²) in [5.41, 5.74) is 1.09. The lowest BCUT2D eigenvalue weighted by molar-refractivity contribution is -0.385. The van der Waals surface area contributed by atoms with Gasteiger partial charge in [-0.05, 0) is 0 Å². The van der Waals surface area contributed by atoms with E-state index in [4.69, 9.17) is 9.47 Å². The van der Waals surface area contributed by atoms with Crippen molar-refractivity contribution in [3.8, 4) is 5.75 Å². The second kappa shape index (κ2) is 5.05. The molecule has 9 heteroatoms. The van der Waals surface area contributed by atoms with Crippen LogP contribution in [0.2, 0.25) is 0 Å². The zero-order valence-corrected chi connectivity index (χ0v) is 10.2. The number of ether oxygens (including phenoxy) is 2. The quantitative estimate of drug-likeness (QED) is 0.469. The molecular formula is C11H9N5O4. The molecule has 0 atom stereocenters. The molecule has 2 aromatic rings. The number of nitro groups is 1. The van der Waals surface area contributed by atoms with E-state index in [2.05, 4.69) is 15.3 Å². The Labute approximate surface area is 112 Å². The van der Waals surface area contributed by atoms with Crippen molar-refractivity contribution in [3.05, 3.63) is 46.0 Å². The number of hydrogen-bond acceptors (Lipinski definition) is 7. The van der Waals surface area contributed by atoms with Gasteiger partial charge in [0.25, 0.3) is 5.69 Å². The molecule has 0 spiro atoms. The van der Waals surface area contributed by atoms with Crippen molar-refractivity contribution in [1.82, 2.24) is 14.9 Å². The molecule has 0 fully saturated rings. The monoisotopic (exact) mass is 275 g/mol. The van der Waals surface area contributed by atoms with Crippen LogP contribution in [0.5, 0.6) is 5.75 Å². The Hall–Kier alpha value is -2.81. The SMILES string of the molecule is O=[N+]([O-])c1cc(/C=N\n2cnnc2)c2c(c1)COCO2. The third kappa shape index (κ3) is 2.34. The zero-order chi connectivity index (χ0) is 13.9. The minimum atomic E-state index is -0.467. The van der Waals surface area contributed by atoms with Crippen molar-refractivity contribution in [2.75, 3.05) is 6.79 Å². The Kier molecular flexibility index (Phi) is 3.09. The first-order valence-corrected chi connectivity index (χ1v) is 5.65. The molecule has 2 heterocycles. The van der Waals surface area contributed by atoms with Gasteiger partial charge in [-0.25, -0.2) is 4.68 Å². The summed E-state index contributed by atoms with van der Waals surface area (Å²) in [6.07, 6.45) is 4.27. The summed E-state index contributed by atoms with van der Waals surface area (Å²) in [5.74, 6) is 0.540. The number of nitrogens with zero attached hydrogens (tertiary/aromatic N) is 5. The molecule has 1 aromatic carbocycles. The van der Waals surface area contributed by atoms with Crippen LogP contribution in [0.15, 0.2) is 29.9 Å². The van der Waals surface area contributed by atoms with Crippen LogP contribution in [-0.4, -0.2) is 32.8 Å². The lowest BCUT2D eigenvalue weighted by Crippen LogP contribution is -2.13. The largest absolute Gasteiger partial charge is 0.466 e. The number of benzene rings is 1. The number of fused-ring (bicyclic) bond motifs is 1. The molecule has 0 saturated carbocycles. The summed E-state index contributed by atoms with van der Waals surface area (Å²) in [6, 6.07) is 2.84. The van der Waals surface area contributed by atoms with E-state index in [-0.39, 0.29) is 19.1 Å². The van der Waals surface area contributed by atoms with Gasteiger partial charge in [0.05, 0.1) is 17.7 Å². The number of hydrogen-bond donors (Lipinski definition) is 0. The average Bonchev–Trinajstić information content (AvgIpc) is 2.97. The molecule has 0 unspecified atom stereocenters. The molecule has 1 aliphatic rings. The van der Waals surface area contributed by atoms with Gasteiger partial charge in [-0.3, -0.25) is 10.1 Å². The molecule has 0 bridgehead atoms. The predicted molar refractivity (Wildman–Crippen MR) is 66.4 cm³/mol. The smallest absolute Gasteiger partial charge is 0.270 e. The highest BCUT2D eigenvalue weighted by molar-refractivity contribution is 5.85. The van der Waals surface area contributed by atoms with Crippen molar-refractivity contribution in [2.24, 2.45) is 5.10 Å². The maximum absolute atomic E-state index is 10.9. The summed E-state index contributed by atoms with van der Waals surface area (Å²) in [6.45, 7) is 0.378. The molecule has 102 valence electrons. The number of aromatic nitrogens is 3. The Balaban J connectivity index is 2.03. The molecule has 3 rings (SSSR count). The van der Waals surface area contributed by atoms with Gasteiger partial charge in [-0.1, -0.05) is 0 Å². The number of rotatable bonds is 3. The van der Waals surface area contributed by atoms with E-state index in [1.165, 1.54) is 35.7 Å². The van der Waals surface area contributed by atoms with Crippen LogP contribution in [0, 0.1) is 10.1 Å². The maximum Gasteiger partial charge on any atom is 0.270 e. The van der Waals surface area contributed by atoms with Gasteiger partial charge in [0, 0.05) is 23.3 Å². The van der Waals surface area contributed by atoms with Gasteiger partial charge < -0.3 is 9.47 Å². The molecule has 1 aliphatic heterocycles. The van der Waals surface area contributed by atoms with E-state index in [1.807, 2.05) is 0 Å². The third-order valence-corrected chi connectivity index (χ3v) is 2.67.